The van der Waals surface area contributed by atoms with E-state index in [2.05, 4.69) is 47.0 Å². The number of benzene rings is 2. The van der Waals surface area contributed by atoms with Crippen molar-refractivity contribution in [2.45, 2.75) is 12.6 Å². The van der Waals surface area contributed by atoms with Crippen molar-refractivity contribution < 1.29 is 0 Å². The van der Waals surface area contributed by atoms with Gasteiger partial charge in [0.2, 0.25) is 0 Å². The largest absolute Gasteiger partial charge is 0.297 e. The molecule has 2 aromatic carbocycles. The van der Waals surface area contributed by atoms with Gasteiger partial charge in [0, 0.05) is 18.1 Å². The van der Waals surface area contributed by atoms with Crippen LogP contribution in [0.5, 0.6) is 0 Å². The fraction of sp³-hybridized carbons (Fsp3) is 0.250. The summed E-state index contributed by atoms with van der Waals surface area (Å²) >= 11 is 6.14. The van der Waals surface area contributed by atoms with Crippen LogP contribution in [-0.4, -0.2) is 13.1 Å². The average molecular weight is 273 g/mol. The molecule has 1 saturated heterocycles. The third-order valence-electron chi connectivity index (χ3n) is 3.48. The molecular formula is C16H17ClN2. The van der Waals surface area contributed by atoms with Crippen molar-refractivity contribution in [3.63, 3.8) is 0 Å². The molecule has 1 heterocycles. The van der Waals surface area contributed by atoms with Crippen molar-refractivity contribution in [3.8, 4) is 0 Å². The van der Waals surface area contributed by atoms with Crippen LogP contribution in [-0.2, 0) is 6.42 Å². The predicted molar refractivity (Wildman–Crippen MR) is 79.4 cm³/mol. The molecule has 0 bridgehead atoms. The summed E-state index contributed by atoms with van der Waals surface area (Å²) in [4.78, 5) is 0. The zero-order valence-corrected chi connectivity index (χ0v) is 11.5. The van der Waals surface area contributed by atoms with Gasteiger partial charge < -0.3 is 0 Å². The SMILES string of the molecule is Clc1ccc(Cc2ccccc2)c(C2NCCN2)c1. The molecular weight excluding hydrogens is 256 g/mol. The summed E-state index contributed by atoms with van der Waals surface area (Å²) in [7, 11) is 0. The summed E-state index contributed by atoms with van der Waals surface area (Å²) in [5.74, 6) is 0. The minimum Gasteiger partial charge on any atom is -0.297 e. The normalized spacial score (nSPS) is 15.8. The summed E-state index contributed by atoms with van der Waals surface area (Å²) in [6.07, 6.45) is 1.16. The number of hydrogen-bond donors (Lipinski definition) is 2. The number of nitrogens with one attached hydrogen (secondary N) is 2. The van der Waals surface area contributed by atoms with Crippen LogP contribution < -0.4 is 10.6 Å². The van der Waals surface area contributed by atoms with E-state index >= 15 is 0 Å². The number of hydrogen-bond acceptors (Lipinski definition) is 2. The molecule has 0 saturated carbocycles. The first-order chi connectivity index (χ1) is 9.33. The first-order valence-corrected chi connectivity index (χ1v) is 7.00. The van der Waals surface area contributed by atoms with Crippen molar-refractivity contribution in [3.05, 3.63) is 70.2 Å². The van der Waals surface area contributed by atoms with Crippen molar-refractivity contribution >= 4 is 11.6 Å². The Morgan fingerprint density at radius 2 is 1.74 bits per heavy atom. The van der Waals surface area contributed by atoms with Crippen LogP contribution in [0.25, 0.3) is 0 Å². The van der Waals surface area contributed by atoms with E-state index < -0.39 is 0 Å². The van der Waals surface area contributed by atoms with Crippen LogP contribution in [0.15, 0.2) is 48.5 Å². The quantitative estimate of drug-likeness (QED) is 0.897. The van der Waals surface area contributed by atoms with Gasteiger partial charge in [-0.2, -0.15) is 0 Å². The lowest BCUT2D eigenvalue weighted by molar-refractivity contribution is 0.583. The third-order valence-corrected chi connectivity index (χ3v) is 3.71. The Hall–Kier alpha value is -1.35. The second kappa shape index (κ2) is 5.74. The molecule has 2 N–H and O–H groups in total. The lowest BCUT2D eigenvalue weighted by atomic mass is 9.98. The first-order valence-electron chi connectivity index (χ1n) is 6.62. The minimum atomic E-state index is 0.220. The van der Waals surface area contributed by atoms with E-state index in [-0.39, 0.29) is 6.17 Å². The summed E-state index contributed by atoms with van der Waals surface area (Å²) in [5, 5.41) is 7.71. The Labute approximate surface area is 118 Å². The molecule has 0 amide bonds. The van der Waals surface area contributed by atoms with Crippen LogP contribution in [0.4, 0.5) is 0 Å². The topological polar surface area (TPSA) is 24.1 Å². The summed E-state index contributed by atoms with van der Waals surface area (Å²) in [6.45, 7) is 2.00. The molecule has 0 aromatic heterocycles. The maximum absolute atomic E-state index is 6.14. The molecule has 0 aliphatic carbocycles. The van der Waals surface area contributed by atoms with Gasteiger partial charge in [-0.1, -0.05) is 48.0 Å². The summed E-state index contributed by atoms with van der Waals surface area (Å²) < 4.78 is 0. The Balaban J connectivity index is 1.91. The van der Waals surface area contributed by atoms with E-state index in [9.17, 15) is 0 Å². The van der Waals surface area contributed by atoms with E-state index in [4.69, 9.17) is 11.6 Å². The molecule has 1 fully saturated rings. The van der Waals surface area contributed by atoms with E-state index in [0.717, 1.165) is 24.5 Å². The fourth-order valence-corrected chi connectivity index (χ4v) is 2.72. The fourth-order valence-electron chi connectivity index (χ4n) is 2.54. The molecule has 3 rings (SSSR count). The molecule has 0 unspecified atom stereocenters. The third kappa shape index (κ3) is 2.98. The Kier molecular flexibility index (Phi) is 3.83. The van der Waals surface area contributed by atoms with Gasteiger partial charge in [-0.05, 0) is 35.2 Å². The molecule has 1 aliphatic heterocycles. The van der Waals surface area contributed by atoms with Crippen LogP contribution in [0.3, 0.4) is 0 Å². The van der Waals surface area contributed by atoms with Gasteiger partial charge in [0.25, 0.3) is 0 Å². The zero-order chi connectivity index (χ0) is 13.1. The maximum atomic E-state index is 6.14. The monoisotopic (exact) mass is 272 g/mol. The van der Waals surface area contributed by atoms with Crippen LogP contribution in [0, 0.1) is 0 Å². The first kappa shape index (κ1) is 12.7. The van der Waals surface area contributed by atoms with Crippen molar-refractivity contribution in [1.82, 2.24) is 10.6 Å². The average Bonchev–Trinajstić information content (AvgIpc) is 2.96. The van der Waals surface area contributed by atoms with Gasteiger partial charge >= 0.3 is 0 Å². The highest BCUT2D eigenvalue weighted by Crippen LogP contribution is 2.24. The Bertz CT molecular complexity index is 548. The Morgan fingerprint density at radius 1 is 1.00 bits per heavy atom. The van der Waals surface area contributed by atoms with Gasteiger partial charge in [0.15, 0.2) is 0 Å². The molecule has 2 aromatic rings. The highest BCUT2D eigenvalue weighted by atomic mass is 35.5. The Morgan fingerprint density at radius 3 is 2.47 bits per heavy atom. The van der Waals surface area contributed by atoms with Gasteiger partial charge in [-0.15, -0.1) is 0 Å². The highest BCUT2D eigenvalue weighted by Gasteiger charge is 2.18. The van der Waals surface area contributed by atoms with Crippen molar-refractivity contribution in [2.24, 2.45) is 0 Å². The van der Waals surface area contributed by atoms with Gasteiger partial charge in [-0.25, -0.2) is 0 Å². The smallest absolute Gasteiger partial charge is 0.0839 e. The maximum Gasteiger partial charge on any atom is 0.0839 e. The molecule has 0 spiro atoms. The zero-order valence-electron chi connectivity index (χ0n) is 10.7. The van der Waals surface area contributed by atoms with E-state index in [0.29, 0.717) is 0 Å². The van der Waals surface area contributed by atoms with E-state index in [1.54, 1.807) is 0 Å². The molecule has 3 heteroatoms. The summed E-state index contributed by atoms with van der Waals surface area (Å²) in [5.41, 5.74) is 3.90. The highest BCUT2D eigenvalue weighted by molar-refractivity contribution is 6.30. The number of rotatable bonds is 3. The van der Waals surface area contributed by atoms with E-state index in [1.165, 1.54) is 16.7 Å². The second-order valence-electron chi connectivity index (χ2n) is 4.85. The van der Waals surface area contributed by atoms with Crippen LogP contribution in [0.2, 0.25) is 5.02 Å². The predicted octanol–water partition coefficient (Wildman–Crippen LogP) is 3.12. The van der Waals surface area contributed by atoms with Crippen molar-refractivity contribution in [2.75, 3.05) is 13.1 Å². The van der Waals surface area contributed by atoms with Gasteiger partial charge in [0.05, 0.1) is 6.17 Å². The molecule has 0 radical (unpaired) electrons. The molecule has 0 atom stereocenters. The molecule has 19 heavy (non-hydrogen) atoms. The minimum absolute atomic E-state index is 0.220. The molecule has 2 nitrogen and oxygen atoms in total. The standard InChI is InChI=1S/C16H17ClN2/c17-14-7-6-13(10-12-4-2-1-3-5-12)15(11-14)16-18-8-9-19-16/h1-7,11,16,18-19H,8-10H2. The second-order valence-corrected chi connectivity index (χ2v) is 5.28. The molecule has 1 aliphatic rings. The van der Waals surface area contributed by atoms with Crippen LogP contribution in [0.1, 0.15) is 22.9 Å². The van der Waals surface area contributed by atoms with Crippen LogP contribution >= 0.6 is 11.6 Å². The van der Waals surface area contributed by atoms with Gasteiger partial charge in [0.1, 0.15) is 0 Å². The molecule has 98 valence electrons. The van der Waals surface area contributed by atoms with Crippen molar-refractivity contribution in [1.29, 1.82) is 0 Å². The number of halogens is 1. The van der Waals surface area contributed by atoms with E-state index in [1.807, 2.05) is 12.1 Å². The lowest BCUT2D eigenvalue weighted by Gasteiger charge is -2.17. The lowest BCUT2D eigenvalue weighted by Crippen LogP contribution is -2.22. The van der Waals surface area contributed by atoms with Gasteiger partial charge in [-0.3, -0.25) is 10.6 Å². The summed E-state index contributed by atoms with van der Waals surface area (Å²) in [6, 6.07) is 16.7.